The summed E-state index contributed by atoms with van der Waals surface area (Å²) in [6.07, 6.45) is 64.8. The number of allylic oxidation sites excluding steroid dienone is 5. The number of unbranched alkanes of at least 4 members (excludes halogenated alkanes) is 45. The molecule has 0 bridgehead atoms. The van der Waals surface area contributed by atoms with Crippen molar-refractivity contribution in [3.63, 3.8) is 0 Å². The zero-order valence-corrected chi connectivity index (χ0v) is 55.0. The Morgan fingerprint density at radius 1 is 0.464 bits per heavy atom. The van der Waals surface area contributed by atoms with Crippen LogP contribution in [0.15, 0.2) is 36.5 Å². The van der Waals surface area contributed by atoms with Gasteiger partial charge in [0.1, 0.15) is 24.4 Å². The van der Waals surface area contributed by atoms with E-state index in [2.05, 4.69) is 50.4 Å². The summed E-state index contributed by atoms with van der Waals surface area (Å²) in [7, 11) is 0. The van der Waals surface area contributed by atoms with Crippen molar-refractivity contribution in [2.75, 3.05) is 13.2 Å². The maximum Gasteiger partial charge on any atom is 0.306 e. The first-order chi connectivity index (χ1) is 41.2. The van der Waals surface area contributed by atoms with Crippen LogP contribution in [0.2, 0.25) is 0 Å². The molecule has 11 heteroatoms. The average molecular weight is 1190 g/mol. The van der Waals surface area contributed by atoms with Gasteiger partial charge in [-0.3, -0.25) is 9.59 Å². The van der Waals surface area contributed by atoms with Crippen LogP contribution < -0.4 is 5.32 Å². The van der Waals surface area contributed by atoms with Crippen LogP contribution in [-0.2, 0) is 23.8 Å². The highest BCUT2D eigenvalue weighted by Gasteiger charge is 2.47. The average Bonchev–Trinajstić information content (AvgIpc) is 3.69. The van der Waals surface area contributed by atoms with E-state index < -0.39 is 67.4 Å². The fourth-order valence-corrected chi connectivity index (χ4v) is 11.6. The molecule has 0 aromatic carbocycles. The van der Waals surface area contributed by atoms with Gasteiger partial charge in [0.15, 0.2) is 12.4 Å². The fourth-order valence-electron chi connectivity index (χ4n) is 11.6. The first kappa shape index (κ1) is 79.9. The van der Waals surface area contributed by atoms with E-state index in [-0.39, 0.29) is 13.0 Å². The summed E-state index contributed by atoms with van der Waals surface area (Å²) in [5.74, 6) is -1.19. The summed E-state index contributed by atoms with van der Waals surface area (Å²) in [6, 6.07) is -1.02. The highest BCUT2D eigenvalue weighted by Crippen LogP contribution is 2.26. The van der Waals surface area contributed by atoms with E-state index in [1.165, 1.54) is 231 Å². The summed E-state index contributed by atoms with van der Waals surface area (Å²) < 4.78 is 17.7. The van der Waals surface area contributed by atoms with Crippen molar-refractivity contribution in [2.24, 2.45) is 0 Å². The molecule has 494 valence electrons. The topological polar surface area (TPSA) is 175 Å². The highest BCUT2D eigenvalue weighted by atomic mass is 16.7. The minimum absolute atomic E-state index is 0.117. The molecule has 8 unspecified atom stereocenters. The zero-order chi connectivity index (χ0) is 61.0. The van der Waals surface area contributed by atoms with E-state index in [9.17, 15) is 35.1 Å². The first-order valence-corrected chi connectivity index (χ1v) is 36.3. The summed E-state index contributed by atoms with van der Waals surface area (Å²) in [5, 5.41) is 57.2. The van der Waals surface area contributed by atoms with Crippen LogP contribution in [0.25, 0.3) is 0 Å². The minimum atomic E-state index is -1.62. The number of rotatable bonds is 63. The number of carbonyl (C=O) groups is 2. The molecule has 1 amide bonds. The molecule has 0 aromatic heterocycles. The number of nitrogens with one attached hydrogen (secondary N) is 1. The summed E-state index contributed by atoms with van der Waals surface area (Å²) in [6.45, 7) is 5.81. The Hall–Kier alpha value is -2.12. The van der Waals surface area contributed by atoms with Gasteiger partial charge in [-0.25, -0.2) is 0 Å². The molecule has 0 spiro atoms. The second-order valence-corrected chi connectivity index (χ2v) is 25.3. The molecule has 1 heterocycles. The Labute approximate surface area is 517 Å². The van der Waals surface area contributed by atoms with Crippen molar-refractivity contribution in [3.8, 4) is 0 Å². The van der Waals surface area contributed by atoms with Crippen LogP contribution in [0.4, 0.5) is 0 Å². The third kappa shape index (κ3) is 47.9. The number of carbonyl (C=O) groups excluding carboxylic acids is 2. The third-order valence-electron chi connectivity index (χ3n) is 17.3. The molecule has 1 saturated heterocycles. The second kappa shape index (κ2) is 61.1. The quantitative estimate of drug-likeness (QED) is 0.0195. The lowest BCUT2D eigenvalue weighted by Gasteiger charge is -2.41. The van der Waals surface area contributed by atoms with Crippen molar-refractivity contribution in [1.82, 2.24) is 5.32 Å². The Balaban J connectivity index is 2.54. The van der Waals surface area contributed by atoms with Gasteiger partial charge in [-0.1, -0.05) is 327 Å². The molecular formula is C73H137NO10. The van der Waals surface area contributed by atoms with E-state index in [0.717, 1.165) is 77.0 Å². The molecule has 84 heavy (non-hydrogen) atoms. The molecule has 1 rings (SSSR count). The lowest BCUT2D eigenvalue weighted by Crippen LogP contribution is -2.61. The van der Waals surface area contributed by atoms with Crippen LogP contribution in [0.1, 0.15) is 355 Å². The fraction of sp³-hybridized carbons (Fsp3) is 0.890. The second-order valence-electron chi connectivity index (χ2n) is 25.3. The molecule has 8 atom stereocenters. The Morgan fingerprint density at radius 2 is 0.821 bits per heavy atom. The molecule has 0 aliphatic carbocycles. The van der Waals surface area contributed by atoms with Gasteiger partial charge in [-0.05, 0) is 57.8 Å². The lowest BCUT2D eigenvalue weighted by molar-refractivity contribution is -0.305. The molecule has 1 aliphatic rings. The van der Waals surface area contributed by atoms with Gasteiger partial charge < -0.3 is 45.1 Å². The monoisotopic (exact) mass is 1190 g/mol. The highest BCUT2D eigenvalue weighted by molar-refractivity contribution is 5.80. The molecule has 0 aromatic rings. The van der Waals surface area contributed by atoms with Gasteiger partial charge in [0.2, 0.25) is 5.91 Å². The maximum absolute atomic E-state index is 13.5. The smallest absolute Gasteiger partial charge is 0.306 e. The van der Waals surface area contributed by atoms with Crippen LogP contribution in [0, 0.1) is 0 Å². The van der Waals surface area contributed by atoms with Crippen LogP contribution in [0.5, 0.6) is 0 Å². The van der Waals surface area contributed by atoms with Gasteiger partial charge >= 0.3 is 5.97 Å². The Bertz CT molecular complexity index is 1510. The normalized spacial score (nSPS) is 18.6. The molecule has 0 saturated carbocycles. The lowest BCUT2D eigenvalue weighted by atomic mass is 9.99. The van der Waals surface area contributed by atoms with Gasteiger partial charge in [-0.15, -0.1) is 0 Å². The largest absolute Gasteiger partial charge is 0.454 e. The predicted molar refractivity (Wildman–Crippen MR) is 352 cm³/mol. The van der Waals surface area contributed by atoms with Crippen molar-refractivity contribution < 1.29 is 49.3 Å². The summed E-state index contributed by atoms with van der Waals surface area (Å²) in [5.41, 5.74) is 0. The van der Waals surface area contributed by atoms with Gasteiger partial charge in [0, 0.05) is 6.42 Å². The molecule has 6 N–H and O–H groups in total. The number of aliphatic hydroxyl groups is 5. The number of amides is 1. The molecular weight excluding hydrogens is 1050 g/mol. The number of hydrogen-bond donors (Lipinski definition) is 6. The number of esters is 1. The predicted octanol–water partition coefficient (Wildman–Crippen LogP) is 18.6. The van der Waals surface area contributed by atoms with Gasteiger partial charge in [-0.2, -0.15) is 0 Å². The first-order valence-electron chi connectivity index (χ1n) is 36.3. The van der Waals surface area contributed by atoms with Crippen LogP contribution in [0.3, 0.4) is 0 Å². The molecule has 11 nitrogen and oxygen atoms in total. The molecule has 1 fully saturated rings. The van der Waals surface area contributed by atoms with Crippen LogP contribution in [-0.4, -0.2) is 99.6 Å². The molecule has 0 radical (unpaired) electrons. The molecule has 1 aliphatic heterocycles. The van der Waals surface area contributed by atoms with Crippen molar-refractivity contribution in [3.05, 3.63) is 36.5 Å². The maximum atomic E-state index is 13.5. The van der Waals surface area contributed by atoms with E-state index in [4.69, 9.17) is 14.2 Å². The van der Waals surface area contributed by atoms with E-state index in [0.29, 0.717) is 19.3 Å². The third-order valence-corrected chi connectivity index (χ3v) is 17.3. The SMILES string of the molecule is CCCCC/C=C\C/C=C\CCCCCCCCCC(=O)OC1C(OCC(NC(=O)C(O)CCCCCCCCCCCCCCCCCCCCCCCCCCCC)C(O)/C=C/CCCCCCCCCCCC)OC(CO)C(O)C1O. The number of aliphatic hydroxyl groups excluding tert-OH is 5. The Kier molecular flexibility index (Phi) is 58.1. The standard InChI is InChI=1S/C73H137NO10/c1-4-7-10-13-16-19-22-25-27-29-30-31-32-33-34-35-36-37-39-40-42-45-48-51-54-57-60-66(77)72(81)74-64(65(76)59-56-53-50-47-44-24-21-18-15-12-9-6-3)63-82-73-71(70(80)69(79)67(62-75)83-73)84-68(78)61-58-55-52-49-46-43-41-38-28-26-23-20-17-14-11-8-5-2/h17,20,26,28,56,59,64-67,69-71,73,75-77,79-80H,4-16,18-19,21-25,27,29-55,57-58,60-63H2,1-3H3,(H,74,81)/b20-17-,28-26-,59-56+. The Morgan fingerprint density at radius 3 is 1.24 bits per heavy atom. The zero-order valence-electron chi connectivity index (χ0n) is 55.0. The van der Waals surface area contributed by atoms with Crippen molar-refractivity contribution >= 4 is 11.9 Å². The summed E-state index contributed by atoms with van der Waals surface area (Å²) >= 11 is 0. The minimum Gasteiger partial charge on any atom is -0.454 e. The number of ether oxygens (including phenoxy) is 3. The van der Waals surface area contributed by atoms with Gasteiger partial charge in [0.05, 0.1) is 25.4 Å². The number of hydrogen-bond acceptors (Lipinski definition) is 10. The van der Waals surface area contributed by atoms with E-state index >= 15 is 0 Å². The van der Waals surface area contributed by atoms with E-state index in [1.54, 1.807) is 6.08 Å². The van der Waals surface area contributed by atoms with E-state index in [1.807, 2.05) is 6.08 Å². The van der Waals surface area contributed by atoms with Gasteiger partial charge in [0.25, 0.3) is 0 Å². The van der Waals surface area contributed by atoms with Crippen LogP contribution >= 0.6 is 0 Å². The summed E-state index contributed by atoms with van der Waals surface area (Å²) in [4.78, 5) is 26.7. The van der Waals surface area contributed by atoms with Crippen molar-refractivity contribution in [2.45, 2.75) is 404 Å². The van der Waals surface area contributed by atoms with Crippen molar-refractivity contribution in [1.29, 1.82) is 0 Å².